The molecule has 4 heteroatoms. The molecule has 0 fully saturated rings. The average molecular weight is 269 g/mol. The molecule has 3 rings (SSSR count). The van der Waals surface area contributed by atoms with Crippen LogP contribution in [-0.4, -0.2) is 12.1 Å². The van der Waals surface area contributed by atoms with Crippen molar-refractivity contribution in [3.05, 3.63) is 53.2 Å². The van der Waals surface area contributed by atoms with Gasteiger partial charge in [-0.05, 0) is 42.2 Å². The third kappa shape index (κ3) is 2.47. The van der Waals surface area contributed by atoms with Crippen molar-refractivity contribution in [1.82, 2.24) is 10.3 Å². The van der Waals surface area contributed by atoms with E-state index in [0.717, 1.165) is 30.6 Å². The molecule has 1 aromatic carbocycles. The lowest BCUT2D eigenvalue weighted by molar-refractivity contribution is 0.388. The van der Waals surface area contributed by atoms with Crippen LogP contribution in [0.4, 0.5) is 5.69 Å². The Kier molecular flexibility index (Phi) is 3.56. The van der Waals surface area contributed by atoms with Crippen molar-refractivity contribution in [1.29, 1.82) is 0 Å². The van der Waals surface area contributed by atoms with Gasteiger partial charge in [-0.25, -0.2) is 4.98 Å². The molecule has 0 spiro atoms. The number of nitrogens with zero attached hydrogens (tertiary/aromatic N) is 1. The number of aryl methyl sites for hydroxylation is 1. The molecule has 104 valence electrons. The maximum Gasteiger partial charge on any atom is 0.217 e. The minimum absolute atomic E-state index is 0.385. The van der Waals surface area contributed by atoms with Crippen LogP contribution in [0.15, 0.2) is 36.5 Å². The Morgan fingerprint density at radius 2 is 2.30 bits per heavy atom. The number of hydrogen-bond donors (Lipinski definition) is 2. The summed E-state index contributed by atoms with van der Waals surface area (Å²) in [6, 6.07) is 10.6. The van der Waals surface area contributed by atoms with Crippen LogP contribution in [0.2, 0.25) is 0 Å². The minimum Gasteiger partial charge on any atom is -0.481 e. The van der Waals surface area contributed by atoms with Gasteiger partial charge in [0.1, 0.15) is 0 Å². The van der Waals surface area contributed by atoms with Crippen LogP contribution < -0.4 is 15.8 Å². The molecule has 1 aliphatic rings. The predicted octanol–water partition coefficient (Wildman–Crippen LogP) is 2.45. The standard InChI is InChI=1S/C16H19N3O/c1-20-16-12(3-2-8-18-16)10-19-15-7-4-11-9-13(17)5-6-14(11)15/h2-3,5-6,8-9,15,19H,4,7,10,17H2,1H3. The van der Waals surface area contributed by atoms with E-state index in [2.05, 4.69) is 22.4 Å². The summed E-state index contributed by atoms with van der Waals surface area (Å²) in [5.41, 5.74) is 10.5. The Morgan fingerprint density at radius 1 is 1.40 bits per heavy atom. The number of pyridine rings is 1. The fourth-order valence-electron chi connectivity index (χ4n) is 2.83. The van der Waals surface area contributed by atoms with Crippen molar-refractivity contribution in [3.8, 4) is 5.88 Å². The Labute approximate surface area is 119 Å². The molecule has 0 aliphatic heterocycles. The van der Waals surface area contributed by atoms with Gasteiger partial charge in [0.2, 0.25) is 5.88 Å². The number of nitrogen functional groups attached to an aromatic ring is 1. The lowest BCUT2D eigenvalue weighted by atomic mass is 10.1. The van der Waals surface area contributed by atoms with E-state index in [1.165, 1.54) is 11.1 Å². The molecule has 1 unspecified atom stereocenters. The fourth-order valence-corrected chi connectivity index (χ4v) is 2.83. The summed E-state index contributed by atoms with van der Waals surface area (Å²) >= 11 is 0. The molecule has 1 heterocycles. The number of rotatable bonds is 4. The quantitative estimate of drug-likeness (QED) is 0.837. The second-order valence-corrected chi connectivity index (χ2v) is 5.10. The zero-order valence-corrected chi connectivity index (χ0v) is 11.6. The summed E-state index contributed by atoms with van der Waals surface area (Å²) in [5, 5.41) is 3.59. The number of aromatic nitrogens is 1. The number of fused-ring (bicyclic) bond motifs is 1. The van der Waals surface area contributed by atoms with E-state index >= 15 is 0 Å². The first-order valence-electron chi connectivity index (χ1n) is 6.87. The Hall–Kier alpha value is -2.07. The fraction of sp³-hybridized carbons (Fsp3) is 0.312. The van der Waals surface area contributed by atoms with E-state index < -0.39 is 0 Å². The lowest BCUT2D eigenvalue weighted by Crippen LogP contribution is -2.19. The average Bonchev–Trinajstić information content (AvgIpc) is 2.87. The van der Waals surface area contributed by atoms with Crippen molar-refractivity contribution >= 4 is 5.69 Å². The molecular weight excluding hydrogens is 250 g/mol. The zero-order chi connectivity index (χ0) is 13.9. The third-order valence-corrected chi connectivity index (χ3v) is 3.83. The minimum atomic E-state index is 0.385. The number of ether oxygens (including phenoxy) is 1. The number of hydrogen-bond acceptors (Lipinski definition) is 4. The first-order valence-corrected chi connectivity index (χ1v) is 6.87. The third-order valence-electron chi connectivity index (χ3n) is 3.83. The maximum atomic E-state index is 5.83. The summed E-state index contributed by atoms with van der Waals surface area (Å²) < 4.78 is 5.28. The molecule has 0 radical (unpaired) electrons. The van der Waals surface area contributed by atoms with Gasteiger partial charge in [0.05, 0.1) is 7.11 Å². The molecule has 3 N–H and O–H groups in total. The van der Waals surface area contributed by atoms with Crippen LogP contribution in [0.25, 0.3) is 0 Å². The Balaban J connectivity index is 1.72. The predicted molar refractivity (Wildman–Crippen MR) is 79.5 cm³/mol. The topological polar surface area (TPSA) is 60.2 Å². The van der Waals surface area contributed by atoms with E-state index in [9.17, 15) is 0 Å². The van der Waals surface area contributed by atoms with Gasteiger partial charge in [0, 0.05) is 30.0 Å². The molecule has 0 amide bonds. The van der Waals surface area contributed by atoms with Crippen LogP contribution in [-0.2, 0) is 13.0 Å². The van der Waals surface area contributed by atoms with Gasteiger partial charge in [-0.1, -0.05) is 12.1 Å². The molecule has 20 heavy (non-hydrogen) atoms. The van der Waals surface area contributed by atoms with Crippen molar-refractivity contribution in [2.75, 3.05) is 12.8 Å². The van der Waals surface area contributed by atoms with E-state index in [0.29, 0.717) is 11.9 Å². The first kappa shape index (κ1) is 12.9. The number of nitrogens with two attached hydrogens (primary N) is 1. The zero-order valence-electron chi connectivity index (χ0n) is 11.6. The van der Waals surface area contributed by atoms with Crippen LogP contribution >= 0.6 is 0 Å². The molecular formula is C16H19N3O. The van der Waals surface area contributed by atoms with Gasteiger partial charge in [0.15, 0.2) is 0 Å². The lowest BCUT2D eigenvalue weighted by Gasteiger charge is -2.15. The van der Waals surface area contributed by atoms with Gasteiger partial charge in [-0.15, -0.1) is 0 Å². The molecule has 0 saturated heterocycles. The van der Waals surface area contributed by atoms with Crippen LogP contribution in [0, 0.1) is 0 Å². The summed E-state index contributed by atoms with van der Waals surface area (Å²) in [5.74, 6) is 0.690. The van der Waals surface area contributed by atoms with Gasteiger partial charge >= 0.3 is 0 Å². The smallest absolute Gasteiger partial charge is 0.217 e. The first-order chi connectivity index (χ1) is 9.78. The highest BCUT2D eigenvalue weighted by Crippen LogP contribution is 2.32. The van der Waals surface area contributed by atoms with E-state index in [1.54, 1.807) is 13.3 Å². The van der Waals surface area contributed by atoms with Crippen molar-refractivity contribution < 1.29 is 4.74 Å². The van der Waals surface area contributed by atoms with E-state index in [-0.39, 0.29) is 0 Å². The highest BCUT2D eigenvalue weighted by Gasteiger charge is 2.22. The molecule has 1 aromatic heterocycles. The number of benzene rings is 1. The largest absolute Gasteiger partial charge is 0.481 e. The van der Waals surface area contributed by atoms with Crippen molar-refractivity contribution in [2.24, 2.45) is 0 Å². The normalized spacial score (nSPS) is 16.9. The van der Waals surface area contributed by atoms with Crippen molar-refractivity contribution in [2.45, 2.75) is 25.4 Å². The van der Waals surface area contributed by atoms with E-state index in [1.807, 2.05) is 18.2 Å². The maximum absolute atomic E-state index is 5.83. The van der Waals surface area contributed by atoms with Crippen molar-refractivity contribution in [3.63, 3.8) is 0 Å². The number of anilines is 1. The molecule has 4 nitrogen and oxygen atoms in total. The molecule has 0 saturated carbocycles. The highest BCUT2D eigenvalue weighted by atomic mass is 16.5. The Morgan fingerprint density at radius 3 is 3.15 bits per heavy atom. The summed E-state index contributed by atoms with van der Waals surface area (Å²) in [6.07, 6.45) is 3.94. The highest BCUT2D eigenvalue weighted by molar-refractivity contribution is 5.47. The summed E-state index contributed by atoms with van der Waals surface area (Å²) in [6.45, 7) is 0.755. The number of nitrogens with one attached hydrogen (secondary N) is 1. The summed E-state index contributed by atoms with van der Waals surface area (Å²) in [4.78, 5) is 4.22. The van der Waals surface area contributed by atoms with Gasteiger partial charge < -0.3 is 15.8 Å². The van der Waals surface area contributed by atoms with Crippen LogP contribution in [0.5, 0.6) is 5.88 Å². The number of methoxy groups -OCH3 is 1. The SMILES string of the molecule is COc1ncccc1CNC1CCc2cc(N)ccc21. The molecule has 0 bridgehead atoms. The van der Waals surface area contributed by atoms with Crippen LogP contribution in [0.1, 0.15) is 29.2 Å². The monoisotopic (exact) mass is 269 g/mol. The Bertz CT molecular complexity index is 612. The second kappa shape index (κ2) is 5.51. The molecule has 2 aromatic rings. The van der Waals surface area contributed by atoms with Crippen LogP contribution in [0.3, 0.4) is 0 Å². The van der Waals surface area contributed by atoms with Gasteiger partial charge in [0.25, 0.3) is 0 Å². The van der Waals surface area contributed by atoms with E-state index in [4.69, 9.17) is 10.5 Å². The molecule has 1 atom stereocenters. The van der Waals surface area contributed by atoms with Gasteiger partial charge in [-0.2, -0.15) is 0 Å². The second-order valence-electron chi connectivity index (χ2n) is 5.10. The molecule has 1 aliphatic carbocycles. The van der Waals surface area contributed by atoms with Gasteiger partial charge in [-0.3, -0.25) is 0 Å². The summed E-state index contributed by atoms with van der Waals surface area (Å²) in [7, 11) is 1.65.